The van der Waals surface area contributed by atoms with Crippen LogP contribution in [0.1, 0.15) is 52.0 Å². The van der Waals surface area contributed by atoms with Gasteiger partial charge in [-0.05, 0) is 52.0 Å². The fourth-order valence-corrected chi connectivity index (χ4v) is 5.84. The van der Waals surface area contributed by atoms with Gasteiger partial charge in [0.05, 0.1) is 12.8 Å². The van der Waals surface area contributed by atoms with Gasteiger partial charge in [-0.15, -0.1) is 0 Å². The van der Waals surface area contributed by atoms with Crippen molar-refractivity contribution >= 4 is 16.0 Å². The Bertz CT molecular complexity index is 811. The highest BCUT2D eigenvalue weighted by Crippen LogP contribution is 2.36. The summed E-state index contributed by atoms with van der Waals surface area (Å²) < 4.78 is 25.8. The molecule has 2 unspecified atom stereocenters. The Balaban J connectivity index is 1.59. The molecule has 0 spiro atoms. The number of benzene rings is 1. The normalized spacial score (nSPS) is 25.3. The van der Waals surface area contributed by atoms with Gasteiger partial charge in [0.1, 0.15) is 0 Å². The van der Waals surface area contributed by atoms with Crippen molar-refractivity contribution < 1.29 is 8.42 Å². The van der Waals surface area contributed by atoms with Crippen molar-refractivity contribution in [1.29, 1.82) is 0 Å². The summed E-state index contributed by atoms with van der Waals surface area (Å²) in [4.78, 5) is 7.35. The van der Waals surface area contributed by atoms with Crippen molar-refractivity contribution in [3.63, 3.8) is 0 Å². The van der Waals surface area contributed by atoms with Crippen molar-refractivity contribution in [1.82, 2.24) is 20.3 Å². The van der Waals surface area contributed by atoms with Crippen LogP contribution in [-0.4, -0.2) is 62.3 Å². The molecule has 0 radical (unpaired) electrons. The smallest absolute Gasteiger partial charge is 0.209 e. The van der Waals surface area contributed by atoms with Crippen molar-refractivity contribution in [2.75, 3.05) is 19.3 Å². The largest absolute Gasteiger partial charge is 0.357 e. The first-order chi connectivity index (χ1) is 14.1. The second-order valence-electron chi connectivity index (χ2n) is 9.31. The summed E-state index contributed by atoms with van der Waals surface area (Å²) in [5.74, 6) is 0.766. The number of rotatable bonds is 8. The number of hydrogen-bond acceptors (Lipinski definition) is 4. The highest BCUT2D eigenvalue weighted by Gasteiger charge is 2.40. The molecule has 168 valence electrons. The van der Waals surface area contributed by atoms with Crippen LogP contribution in [0.25, 0.3) is 0 Å². The third-order valence-electron chi connectivity index (χ3n) is 5.87. The Hall–Kier alpha value is -1.64. The van der Waals surface area contributed by atoms with Crippen LogP contribution in [-0.2, 0) is 16.6 Å². The topological polar surface area (TPSA) is 85.8 Å². The number of piperidine rings is 1. The molecule has 2 aliphatic rings. The fourth-order valence-electron chi connectivity index (χ4n) is 4.77. The molecule has 3 rings (SSSR count). The number of guanidine groups is 1. The molecule has 1 aromatic rings. The summed E-state index contributed by atoms with van der Waals surface area (Å²) in [5, 5.41) is 6.93. The maximum Gasteiger partial charge on any atom is 0.209 e. The number of fused-ring (bicyclic) bond motifs is 2. The SMILES string of the molecule is CCNC(=NCC(C)(C)NS(C)(=O)=O)NC1CC2CCC(C1)N2Cc1ccccc1. The standard InChI is InChI=1S/C22H37N5O2S/c1-5-23-21(24-16-22(2,3)26-30(4,28)29)25-18-13-19-11-12-20(14-18)27(19)15-17-9-7-6-8-10-17/h6-10,18-20,26H,5,11-16H2,1-4H3,(H2,23,24,25). The lowest BCUT2D eigenvalue weighted by atomic mass is 9.96. The van der Waals surface area contributed by atoms with Crippen LogP contribution in [0.3, 0.4) is 0 Å². The molecule has 8 heteroatoms. The first-order valence-corrected chi connectivity index (χ1v) is 12.9. The zero-order valence-electron chi connectivity index (χ0n) is 18.7. The van der Waals surface area contributed by atoms with Gasteiger partial charge in [-0.2, -0.15) is 0 Å². The summed E-state index contributed by atoms with van der Waals surface area (Å²) >= 11 is 0. The molecule has 2 saturated heterocycles. The average Bonchev–Trinajstić information content (AvgIpc) is 2.88. The highest BCUT2D eigenvalue weighted by atomic mass is 32.2. The first kappa shape index (κ1) is 23.0. The number of sulfonamides is 1. The molecule has 2 atom stereocenters. The summed E-state index contributed by atoms with van der Waals surface area (Å²) in [5.41, 5.74) is 0.755. The third kappa shape index (κ3) is 6.68. The summed E-state index contributed by atoms with van der Waals surface area (Å²) in [6.45, 7) is 7.92. The van der Waals surface area contributed by atoms with E-state index in [1.54, 1.807) is 0 Å². The summed E-state index contributed by atoms with van der Waals surface area (Å²) in [7, 11) is -3.27. The van der Waals surface area contributed by atoms with Gasteiger partial charge in [-0.3, -0.25) is 9.89 Å². The van der Waals surface area contributed by atoms with Gasteiger partial charge in [0, 0.05) is 36.8 Å². The van der Waals surface area contributed by atoms with Crippen LogP contribution in [0.2, 0.25) is 0 Å². The van der Waals surface area contributed by atoms with Gasteiger partial charge in [-0.25, -0.2) is 13.1 Å². The molecule has 0 amide bonds. The van der Waals surface area contributed by atoms with Crippen LogP contribution in [0, 0.1) is 0 Å². The molecular formula is C22H37N5O2S. The molecule has 2 aliphatic heterocycles. The van der Waals surface area contributed by atoms with E-state index in [2.05, 4.69) is 55.6 Å². The Kier molecular flexibility index (Phi) is 7.42. The van der Waals surface area contributed by atoms with Gasteiger partial charge < -0.3 is 10.6 Å². The Labute approximate surface area is 181 Å². The minimum atomic E-state index is -3.27. The Morgan fingerprint density at radius 3 is 2.37 bits per heavy atom. The van der Waals surface area contributed by atoms with Gasteiger partial charge >= 0.3 is 0 Å². The lowest BCUT2D eigenvalue weighted by molar-refractivity contribution is 0.114. The summed E-state index contributed by atoms with van der Waals surface area (Å²) in [6.07, 6.45) is 5.92. The van der Waals surface area contributed by atoms with Gasteiger partial charge in [-0.1, -0.05) is 30.3 Å². The molecule has 0 saturated carbocycles. The van der Waals surface area contributed by atoms with E-state index in [9.17, 15) is 8.42 Å². The van der Waals surface area contributed by atoms with Crippen molar-refractivity contribution in [2.45, 2.75) is 76.7 Å². The van der Waals surface area contributed by atoms with E-state index in [1.165, 1.54) is 24.7 Å². The molecule has 7 nitrogen and oxygen atoms in total. The lowest BCUT2D eigenvalue weighted by Gasteiger charge is -2.39. The molecular weight excluding hydrogens is 398 g/mol. The molecule has 2 heterocycles. The summed E-state index contributed by atoms with van der Waals surface area (Å²) in [6, 6.07) is 12.3. The van der Waals surface area contributed by atoms with Crippen LogP contribution in [0.5, 0.6) is 0 Å². The predicted octanol–water partition coefficient (Wildman–Crippen LogP) is 2.06. The maximum absolute atomic E-state index is 11.6. The Morgan fingerprint density at radius 1 is 1.17 bits per heavy atom. The molecule has 0 aliphatic carbocycles. The van der Waals surface area contributed by atoms with E-state index < -0.39 is 15.6 Å². The average molecular weight is 436 g/mol. The van der Waals surface area contributed by atoms with Crippen molar-refractivity contribution in [2.24, 2.45) is 4.99 Å². The minimum absolute atomic E-state index is 0.370. The maximum atomic E-state index is 11.6. The van der Waals surface area contributed by atoms with E-state index in [0.29, 0.717) is 24.7 Å². The van der Waals surface area contributed by atoms with Crippen LogP contribution in [0.4, 0.5) is 0 Å². The van der Waals surface area contributed by atoms with Gasteiger partial charge in [0.15, 0.2) is 5.96 Å². The van der Waals surface area contributed by atoms with Gasteiger partial charge in [0.2, 0.25) is 10.0 Å². The van der Waals surface area contributed by atoms with Crippen molar-refractivity contribution in [3.8, 4) is 0 Å². The van der Waals surface area contributed by atoms with Crippen molar-refractivity contribution in [3.05, 3.63) is 35.9 Å². The van der Waals surface area contributed by atoms with Crippen LogP contribution < -0.4 is 15.4 Å². The number of nitrogens with one attached hydrogen (secondary N) is 3. The molecule has 1 aromatic carbocycles. The molecule has 2 bridgehead atoms. The van der Waals surface area contributed by atoms with E-state index in [4.69, 9.17) is 0 Å². The minimum Gasteiger partial charge on any atom is -0.357 e. The van der Waals surface area contributed by atoms with Crippen LogP contribution in [0.15, 0.2) is 35.3 Å². The monoisotopic (exact) mass is 435 g/mol. The zero-order valence-corrected chi connectivity index (χ0v) is 19.5. The van der Waals surface area contributed by atoms with Crippen LogP contribution >= 0.6 is 0 Å². The second kappa shape index (κ2) is 9.66. The number of hydrogen-bond donors (Lipinski definition) is 3. The molecule has 3 N–H and O–H groups in total. The Morgan fingerprint density at radius 2 is 1.80 bits per heavy atom. The fraction of sp³-hybridized carbons (Fsp3) is 0.682. The van der Waals surface area contributed by atoms with E-state index >= 15 is 0 Å². The van der Waals surface area contributed by atoms with E-state index in [-0.39, 0.29) is 0 Å². The van der Waals surface area contributed by atoms with E-state index in [0.717, 1.165) is 31.9 Å². The molecule has 30 heavy (non-hydrogen) atoms. The quantitative estimate of drug-likeness (QED) is 0.430. The number of nitrogens with zero attached hydrogens (tertiary/aromatic N) is 2. The zero-order chi connectivity index (χ0) is 21.8. The molecule has 0 aromatic heterocycles. The lowest BCUT2D eigenvalue weighted by Crippen LogP contribution is -2.53. The third-order valence-corrected chi connectivity index (χ3v) is 6.79. The van der Waals surface area contributed by atoms with E-state index in [1.807, 2.05) is 20.8 Å². The predicted molar refractivity (Wildman–Crippen MR) is 123 cm³/mol. The second-order valence-corrected chi connectivity index (χ2v) is 11.1. The first-order valence-electron chi connectivity index (χ1n) is 11.0. The van der Waals surface area contributed by atoms with Gasteiger partial charge in [0.25, 0.3) is 0 Å². The molecule has 2 fully saturated rings. The number of aliphatic imine (C=N–C) groups is 1. The highest BCUT2D eigenvalue weighted by molar-refractivity contribution is 7.88.